The fraction of sp³-hybridized carbons (Fsp3) is 0.172. The van der Waals surface area contributed by atoms with Gasteiger partial charge in [-0.2, -0.15) is 0 Å². The van der Waals surface area contributed by atoms with Gasteiger partial charge in [0.25, 0.3) is 0 Å². The molecule has 162 valence electrons. The molecule has 4 aromatic rings. The smallest absolute Gasteiger partial charge is 0.115 e. The molecule has 0 atom stereocenters. The molecule has 3 heteroatoms. The van der Waals surface area contributed by atoms with Gasteiger partial charge in [-0.05, 0) is 70.6 Å². The Kier molecular flexibility index (Phi) is 5.91. The van der Waals surface area contributed by atoms with Gasteiger partial charge < -0.3 is 15.3 Å². The van der Waals surface area contributed by atoms with Gasteiger partial charge in [-0.3, -0.25) is 0 Å². The van der Waals surface area contributed by atoms with Gasteiger partial charge in [0, 0.05) is 11.3 Å². The number of phenols is 3. The van der Waals surface area contributed by atoms with Crippen molar-refractivity contribution in [3.63, 3.8) is 0 Å². The first-order valence-electron chi connectivity index (χ1n) is 10.8. The minimum Gasteiger partial charge on any atom is -0.508 e. The highest BCUT2D eigenvalue weighted by molar-refractivity contribution is 5.43. The highest BCUT2D eigenvalue weighted by Crippen LogP contribution is 2.34. The Morgan fingerprint density at radius 1 is 0.531 bits per heavy atom. The number of aromatic hydroxyl groups is 3. The summed E-state index contributed by atoms with van der Waals surface area (Å²) in [5, 5.41) is 29.0. The van der Waals surface area contributed by atoms with Crippen LogP contribution in [-0.4, -0.2) is 15.3 Å². The van der Waals surface area contributed by atoms with Crippen molar-refractivity contribution in [1.29, 1.82) is 0 Å². The second-order valence-corrected chi connectivity index (χ2v) is 8.81. The van der Waals surface area contributed by atoms with E-state index in [0.29, 0.717) is 0 Å². The van der Waals surface area contributed by atoms with Crippen molar-refractivity contribution in [3.8, 4) is 17.2 Å². The fourth-order valence-electron chi connectivity index (χ4n) is 4.18. The van der Waals surface area contributed by atoms with E-state index in [-0.39, 0.29) is 28.6 Å². The lowest BCUT2D eigenvalue weighted by Gasteiger charge is -2.26. The maximum atomic E-state index is 9.70. The SMILES string of the molecule is CC(C)(c1ccc(O)cc1)c1ccc(CC(c2ccc(O)cc2)c2ccc(O)cc2)cc1. The van der Waals surface area contributed by atoms with Crippen LogP contribution in [0.15, 0.2) is 97.1 Å². The molecule has 0 unspecified atom stereocenters. The summed E-state index contributed by atoms with van der Waals surface area (Å²) in [6.07, 6.45) is 0.801. The fourth-order valence-corrected chi connectivity index (χ4v) is 4.18. The number of benzene rings is 4. The molecule has 4 aromatic carbocycles. The minimum atomic E-state index is -0.181. The molecule has 0 fully saturated rings. The summed E-state index contributed by atoms with van der Waals surface area (Å²) in [5.74, 6) is 0.875. The molecule has 0 aromatic heterocycles. The van der Waals surface area contributed by atoms with Crippen LogP contribution in [0.1, 0.15) is 47.6 Å². The van der Waals surface area contributed by atoms with Gasteiger partial charge in [0.05, 0.1) is 0 Å². The molecule has 32 heavy (non-hydrogen) atoms. The van der Waals surface area contributed by atoms with Crippen LogP contribution in [0.4, 0.5) is 0 Å². The number of phenolic OH excluding ortho intramolecular Hbond substituents is 3. The number of hydrogen-bond acceptors (Lipinski definition) is 3. The molecule has 0 heterocycles. The molecule has 4 rings (SSSR count). The Balaban J connectivity index is 1.62. The molecule has 0 amide bonds. The first-order valence-corrected chi connectivity index (χ1v) is 10.8. The first kappa shape index (κ1) is 21.5. The van der Waals surface area contributed by atoms with Gasteiger partial charge in [0.2, 0.25) is 0 Å². The van der Waals surface area contributed by atoms with Crippen LogP contribution in [0.25, 0.3) is 0 Å². The molecule has 0 radical (unpaired) electrons. The minimum absolute atomic E-state index is 0.104. The Morgan fingerprint density at radius 3 is 1.28 bits per heavy atom. The highest BCUT2D eigenvalue weighted by atomic mass is 16.3. The molecule has 0 aliphatic rings. The van der Waals surface area contributed by atoms with Gasteiger partial charge in [0.1, 0.15) is 17.2 Å². The Hall–Kier alpha value is -3.72. The summed E-state index contributed by atoms with van der Waals surface area (Å²) in [5.41, 5.74) is 5.61. The van der Waals surface area contributed by atoms with E-state index in [9.17, 15) is 15.3 Å². The predicted molar refractivity (Wildman–Crippen MR) is 128 cm³/mol. The second-order valence-electron chi connectivity index (χ2n) is 8.81. The van der Waals surface area contributed by atoms with E-state index in [0.717, 1.165) is 23.1 Å². The summed E-state index contributed by atoms with van der Waals surface area (Å²) in [6, 6.07) is 30.8. The second kappa shape index (κ2) is 8.80. The quantitative estimate of drug-likeness (QED) is 0.331. The lowest BCUT2D eigenvalue weighted by molar-refractivity contribution is 0.474. The Labute approximate surface area is 189 Å². The van der Waals surface area contributed by atoms with Crippen molar-refractivity contribution in [2.24, 2.45) is 0 Å². The van der Waals surface area contributed by atoms with Crippen molar-refractivity contribution < 1.29 is 15.3 Å². The molecular weight excluding hydrogens is 396 g/mol. The first-order chi connectivity index (χ1) is 15.3. The molecule has 0 saturated carbocycles. The van der Waals surface area contributed by atoms with Gasteiger partial charge >= 0.3 is 0 Å². The topological polar surface area (TPSA) is 60.7 Å². The summed E-state index contributed by atoms with van der Waals surface area (Å²) >= 11 is 0. The Morgan fingerprint density at radius 2 is 0.875 bits per heavy atom. The van der Waals surface area contributed by atoms with Gasteiger partial charge in [0.15, 0.2) is 0 Å². The molecule has 0 aliphatic carbocycles. The molecule has 3 nitrogen and oxygen atoms in total. The summed E-state index contributed by atoms with van der Waals surface area (Å²) < 4.78 is 0. The van der Waals surface area contributed by atoms with Crippen molar-refractivity contribution in [2.45, 2.75) is 31.6 Å². The van der Waals surface area contributed by atoms with Crippen LogP contribution in [-0.2, 0) is 11.8 Å². The van der Waals surface area contributed by atoms with Crippen LogP contribution < -0.4 is 0 Å². The average molecular weight is 425 g/mol. The van der Waals surface area contributed by atoms with Crippen molar-refractivity contribution in [1.82, 2.24) is 0 Å². The molecule has 0 aliphatic heterocycles. The van der Waals surface area contributed by atoms with E-state index in [1.165, 1.54) is 11.1 Å². The maximum absolute atomic E-state index is 9.70. The van der Waals surface area contributed by atoms with Crippen LogP contribution in [0.5, 0.6) is 17.2 Å². The van der Waals surface area contributed by atoms with Crippen LogP contribution in [0.2, 0.25) is 0 Å². The normalized spacial score (nSPS) is 11.6. The van der Waals surface area contributed by atoms with Gasteiger partial charge in [-0.1, -0.05) is 74.5 Å². The summed E-state index contributed by atoms with van der Waals surface area (Å²) in [6.45, 7) is 4.37. The zero-order chi connectivity index (χ0) is 22.7. The van der Waals surface area contributed by atoms with Gasteiger partial charge in [-0.15, -0.1) is 0 Å². The summed E-state index contributed by atoms with van der Waals surface area (Å²) in [7, 11) is 0. The molecule has 0 spiro atoms. The summed E-state index contributed by atoms with van der Waals surface area (Å²) in [4.78, 5) is 0. The lowest BCUT2D eigenvalue weighted by atomic mass is 9.77. The van der Waals surface area contributed by atoms with Gasteiger partial charge in [-0.25, -0.2) is 0 Å². The number of hydrogen-bond donors (Lipinski definition) is 3. The van der Waals surface area contributed by atoms with Crippen LogP contribution in [0.3, 0.4) is 0 Å². The molecule has 0 saturated heterocycles. The molecular formula is C29H28O3. The van der Waals surface area contributed by atoms with Crippen LogP contribution in [0, 0.1) is 0 Å². The zero-order valence-electron chi connectivity index (χ0n) is 18.4. The predicted octanol–water partition coefficient (Wildman–Crippen LogP) is 6.50. The van der Waals surface area contributed by atoms with E-state index in [1.54, 1.807) is 36.4 Å². The largest absolute Gasteiger partial charge is 0.508 e. The average Bonchev–Trinajstić information content (AvgIpc) is 2.79. The third-order valence-electron chi connectivity index (χ3n) is 6.30. The standard InChI is InChI=1S/C29H28O3/c1-29(2,24-11-17-27(32)18-12-24)23-9-3-20(4-10-23)19-28(21-5-13-25(30)14-6-21)22-7-15-26(31)16-8-22/h3-18,28,30-32H,19H2,1-2H3. The number of rotatable bonds is 6. The monoisotopic (exact) mass is 424 g/mol. The molecule has 3 N–H and O–H groups in total. The van der Waals surface area contributed by atoms with E-state index in [2.05, 4.69) is 38.1 Å². The van der Waals surface area contributed by atoms with E-state index in [4.69, 9.17) is 0 Å². The zero-order valence-corrected chi connectivity index (χ0v) is 18.4. The van der Waals surface area contributed by atoms with E-state index in [1.807, 2.05) is 36.4 Å². The maximum Gasteiger partial charge on any atom is 0.115 e. The van der Waals surface area contributed by atoms with Crippen molar-refractivity contribution in [2.75, 3.05) is 0 Å². The third-order valence-corrected chi connectivity index (χ3v) is 6.30. The van der Waals surface area contributed by atoms with Crippen molar-refractivity contribution in [3.05, 3.63) is 125 Å². The van der Waals surface area contributed by atoms with E-state index >= 15 is 0 Å². The molecule has 0 bridgehead atoms. The lowest BCUT2D eigenvalue weighted by Crippen LogP contribution is -2.18. The highest BCUT2D eigenvalue weighted by Gasteiger charge is 2.23. The Bertz CT molecular complexity index is 1110. The van der Waals surface area contributed by atoms with Crippen LogP contribution >= 0.6 is 0 Å². The van der Waals surface area contributed by atoms with E-state index < -0.39 is 0 Å². The van der Waals surface area contributed by atoms with Crippen molar-refractivity contribution >= 4 is 0 Å². The third kappa shape index (κ3) is 4.62.